The fourth-order valence-electron chi connectivity index (χ4n) is 2.86. The number of carbonyl (C=O) groups excluding carboxylic acids is 1. The molecule has 0 saturated carbocycles. The molecular formula is C24H20Br2Cl2N2O3. The van der Waals surface area contributed by atoms with Crippen LogP contribution in [0, 0.1) is 0 Å². The molecule has 0 aliphatic heterocycles. The van der Waals surface area contributed by atoms with Crippen molar-refractivity contribution in [3.8, 4) is 11.5 Å². The van der Waals surface area contributed by atoms with E-state index in [1.165, 1.54) is 0 Å². The Morgan fingerprint density at radius 1 is 1.06 bits per heavy atom. The van der Waals surface area contributed by atoms with Crippen molar-refractivity contribution in [3.63, 3.8) is 0 Å². The minimum Gasteiger partial charge on any atom is -0.490 e. The van der Waals surface area contributed by atoms with Gasteiger partial charge < -0.3 is 9.47 Å². The molecule has 0 spiro atoms. The van der Waals surface area contributed by atoms with Crippen LogP contribution in [-0.2, 0) is 17.8 Å². The van der Waals surface area contributed by atoms with Crippen LogP contribution in [0.2, 0.25) is 10.0 Å². The summed E-state index contributed by atoms with van der Waals surface area (Å²) in [5, 5.41) is 5.15. The maximum absolute atomic E-state index is 12.1. The molecule has 0 aliphatic carbocycles. The molecule has 1 N–H and O–H groups in total. The Kier molecular flexibility index (Phi) is 9.62. The van der Waals surface area contributed by atoms with E-state index in [0.29, 0.717) is 32.6 Å². The van der Waals surface area contributed by atoms with Gasteiger partial charge in [-0.1, -0.05) is 57.3 Å². The highest BCUT2D eigenvalue weighted by Crippen LogP contribution is 2.37. The third kappa shape index (κ3) is 7.74. The highest BCUT2D eigenvalue weighted by molar-refractivity contribution is 9.10. The van der Waals surface area contributed by atoms with Crippen LogP contribution in [0.3, 0.4) is 0 Å². The third-order valence-electron chi connectivity index (χ3n) is 4.40. The minimum absolute atomic E-state index is 0.211. The molecule has 1 amide bonds. The second kappa shape index (κ2) is 12.4. The molecule has 0 fully saturated rings. The summed E-state index contributed by atoms with van der Waals surface area (Å²) in [6.45, 7) is 2.58. The monoisotopic (exact) mass is 612 g/mol. The van der Waals surface area contributed by atoms with Crippen molar-refractivity contribution in [3.05, 3.63) is 90.3 Å². The first-order valence-electron chi connectivity index (χ1n) is 9.95. The molecule has 0 radical (unpaired) electrons. The molecule has 0 unspecified atom stereocenters. The Hall–Kier alpha value is -2.06. The number of benzene rings is 3. The van der Waals surface area contributed by atoms with Crippen molar-refractivity contribution in [1.29, 1.82) is 0 Å². The molecule has 0 saturated heterocycles. The van der Waals surface area contributed by atoms with E-state index in [9.17, 15) is 4.79 Å². The van der Waals surface area contributed by atoms with Gasteiger partial charge in [0, 0.05) is 20.1 Å². The quantitative estimate of drug-likeness (QED) is 0.205. The third-order valence-corrected chi connectivity index (χ3v) is 6.10. The molecule has 0 aromatic heterocycles. The molecule has 0 heterocycles. The maximum atomic E-state index is 12.1. The smallest absolute Gasteiger partial charge is 0.244 e. The summed E-state index contributed by atoms with van der Waals surface area (Å²) in [6, 6.07) is 16.4. The second-order valence-corrected chi connectivity index (χ2v) is 9.50. The van der Waals surface area contributed by atoms with E-state index in [1.807, 2.05) is 43.3 Å². The number of carbonyl (C=O) groups is 1. The fraction of sp³-hybridized carbons (Fsp3) is 0.167. The Labute approximate surface area is 219 Å². The Balaban J connectivity index is 1.67. The molecule has 9 heteroatoms. The average molecular weight is 615 g/mol. The van der Waals surface area contributed by atoms with Gasteiger partial charge in [-0.3, -0.25) is 4.79 Å². The van der Waals surface area contributed by atoms with E-state index in [2.05, 4.69) is 42.4 Å². The Bertz CT molecular complexity index is 1160. The van der Waals surface area contributed by atoms with E-state index < -0.39 is 0 Å². The van der Waals surface area contributed by atoms with Crippen LogP contribution in [0.25, 0.3) is 0 Å². The molecule has 3 rings (SSSR count). The molecule has 5 nitrogen and oxygen atoms in total. The first-order valence-corrected chi connectivity index (χ1v) is 12.3. The summed E-state index contributed by atoms with van der Waals surface area (Å²) in [5.41, 5.74) is 4.97. The second-order valence-electron chi connectivity index (χ2n) is 6.88. The molecule has 0 bridgehead atoms. The Morgan fingerprint density at radius 2 is 1.82 bits per heavy atom. The zero-order valence-electron chi connectivity index (χ0n) is 17.6. The van der Waals surface area contributed by atoms with Gasteiger partial charge in [0.1, 0.15) is 6.61 Å². The van der Waals surface area contributed by atoms with Gasteiger partial charge in [0.2, 0.25) is 5.91 Å². The standard InChI is InChI=1S/C24H20Br2Cl2N2O3/c1-2-32-22-10-16(13-29-30-23(31)11-15-3-6-18(25)7-4-15)9-20(26)24(22)33-14-17-5-8-19(27)12-21(17)28/h3-10,12-13H,2,11,14H2,1H3,(H,30,31)/b29-13+. The van der Waals surface area contributed by atoms with Gasteiger partial charge in [0.05, 0.1) is 23.7 Å². The minimum atomic E-state index is -0.211. The number of rotatable bonds is 9. The summed E-state index contributed by atoms with van der Waals surface area (Å²) >= 11 is 19.1. The van der Waals surface area contributed by atoms with Gasteiger partial charge in [-0.05, 0) is 70.4 Å². The lowest BCUT2D eigenvalue weighted by molar-refractivity contribution is -0.120. The van der Waals surface area contributed by atoms with Crippen LogP contribution < -0.4 is 14.9 Å². The van der Waals surface area contributed by atoms with Crippen molar-refractivity contribution >= 4 is 67.2 Å². The van der Waals surface area contributed by atoms with Crippen molar-refractivity contribution in [2.45, 2.75) is 20.0 Å². The van der Waals surface area contributed by atoms with Crippen molar-refractivity contribution < 1.29 is 14.3 Å². The maximum Gasteiger partial charge on any atom is 0.244 e. The van der Waals surface area contributed by atoms with E-state index in [-0.39, 0.29) is 18.9 Å². The summed E-state index contributed by atoms with van der Waals surface area (Å²) in [6.07, 6.45) is 1.78. The lowest BCUT2D eigenvalue weighted by atomic mass is 10.1. The SMILES string of the molecule is CCOc1cc(/C=N/NC(=O)Cc2ccc(Br)cc2)cc(Br)c1OCc1ccc(Cl)cc1Cl. The molecule has 0 atom stereocenters. The number of amides is 1. The van der Waals surface area contributed by atoms with Crippen molar-refractivity contribution in [1.82, 2.24) is 5.43 Å². The number of nitrogens with zero attached hydrogens (tertiary/aromatic N) is 1. The van der Waals surface area contributed by atoms with Crippen molar-refractivity contribution in [2.75, 3.05) is 6.61 Å². The van der Waals surface area contributed by atoms with Crippen LogP contribution in [0.5, 0.6) is 11.5 Å². The van der Waals surface area contributed by atoms with Crippen LogP contribution >= 0.6 is 55.1 Å². The molecule has 3 aromatic carbocycles. The van der Waals surface area contributed by atoms with Gasteiger partial charge in [0.15, 0.2) is 11.5 Å². The van der Waals surface area contributed by atoms with Crippen LogP contribution in [0.4, 0.5) is 0 Å². The van der Waals surface area contributed by atoms with Crippen LogP contribution in [0.15, 0.2) is 68.6 Å². The Morgan fingerprint density at radius 3 is 2.52 bits per heavy atom. The van der Waals surface area contributed by atoms with Gasteiger partial charge in [-0.2, -0.15) is 5.10 Å². The van der Waals surface area contributed by atoms with Crippen LogP contribution in [0.1, 0.15) is 23.6 Å². The average Bonchev–Trinajstić information content (AvgIpc) is 2.76. The van der Waals surface area contributed by atoms with Gasteiger partial charge in [-0.25, -0.2) is 5.43 Å². The largest absolute Gasteiger partial charge is 0.490 e. The van der Waals surface area contributed by atoms with Crippen LogP contribution in [-0.4, -0.2) is 18.7 Å². The highest BCUT2D eigenvalue weighted by atomic mass is 79.9. The summed E-state index contributed by atoms with van der Waals surface area (Å²) in [4.78, 5) is 12.1. The molecule has 0 aliphatic rings. The van der Waals surface area contributed by atoms with E-state index in [0.717, 1.165) is 21.2 Å². The van der Waals surface area contributed by atoms with E-state index in [4.69, 9.17) is 32.7 Å². The van der Waals surface area contributed by atoms with E-state index in [1.54, 1.807) is 24.4 Å². The first-order chi connectivity index (χ1) is 15.9. The zero-order valence-corrected chi connectivity index (χ0v) is 22.3. The number of ether oxygens (including phenoxy) is 2. The molecule has 33 heavy (non-hydrogen) atoms. The lowest BCUT2D eigenvalue weighted by Gasteiger charge is -2.15. The summed E-state index contributed by atoms with van der Waals surface area (Å²) in [7, 11) is 0. The number of hydrazone groups is 1. The number of halogens is 4. The summed E-state index contributed by atoms with van der Waals surface area (Å²) < 4.78 is 13.4. The van der Waals surface area contributed by atoms with Gasteiger partial charge in [0.25, 0.3) is 0 Å². The fourth-order valence-corrected chi connectivity index (χ4v) is 4.16. The van der Waals surface area contributed by atoms with E-state index >= 15 is 0 Å². The van der Waals surface area contributed by atoms with Gasteiger partial charge >= 0.3 is 0 Å². The predicted molar refractivity (Wildman–Crippen MR) is 140 cm³/mol. The number of hydrogen-bond donors (Lipinski definition) is 1. The van der Waals surface area contributed by atoms with Crippen molar-refractivity contribution in [2.24, 2.45) is 5.10 Å². The predicted octanol–water partition coefficient (Wildman–Crippen LogP) is 7.19. The molecular weight excluding hydrogens is 595 g/mol. The lowest BCUT2D eigenvalue weighted by Crippen LogP contribution is -2.19. The summed E-state index contributed by atoms with van der Waals surface area (Å²) in [5.74, 6) is 0.872. The first kappa shape index (κ1) is 25.6. The zero-order chi connectivity index (χ0) is 23.8. The highest BCUT2D eigenvalue weighted by Gasteiger charge is 2.13. The van der Waals surface area contributed by atoms with Gasteiger partial charge in [-0.15, -0.1) is 0 Å². The molecule has 172 valence electrons. The number of hydrogen-bond acceptors (Lipinski definition) is 4. The molecule has 3 aromatic rings. The number of nitrogens with one attached hydrogen (secondary N) is 1. The topological polar surface area (TPSA) is 59.9 Å². The normalized spacial score (nSPS) is 10.9.